The monoisotopic (exact) mass is 227 g/mol. The zero-order valence-electron chi connectivity index (χ0n) is 9.60. The Morgan fingerprint density at radius 2 is 2.35 bits per heavy atom. The highest BCUT2D eigenvalue weighted by Gasteiger charge is 2.07. The summed E-state index contributed by atoms with van der Waals surface area (Å²) in [6.07, 6.45) is 5.50. The maximum absolute atomic E-state index is 5.32. The summed E-state index contributed by atoms with van der Waals surface area (Å²) in [6, 6.07) is 5.70. The van der Waals surface area contributed by atoms with Crippen LogP contribution in [0.25, 0.3) is 22.5 Å². The van der Waals surface area contributed by atoms with Gasteiger partial charge in [0.15, 0.2) is 5.76 Å². The lowest BCUT2D eigenvalue weighted by atomic mass is 10.3. The zero-order chi connectivity index (χ0) is 11.7. The molecule has 0 radical (unpaired) electrons. The van der Waals surface area contributed by atoms with Crippen molar-refractivity contribution in [3.05, 3.63) is 36.5 Å². The molecule has 3 aromatic rings. The van der Waals surface area contributed by atoms with Gasteiger partial charge in [0.2, 0.25) is 0 Å². The topological polar surface area (TPSA) is 54.7 Å². The van der Waals surface area contributed by atoms with E-state index in [1.54, 1.807) is 12.5 Å². The van der Waals surface area contributed by atoms with Crippen molar-refractivity contribution in [1.29, 1.82) is 0 Å². The number of furan rings is 1. The molecule has 3 heterocycles. The number of imidazole rings is 1. The second-order valence-corrected chi connectivity index (χ2v) is 4.00. The number of H-pyrrole nitrogens is 1. The van der Waals surface area contributed by atoms with E-state index in [2.05, 4.69) is 21.9 Å². The normalized spacial score (nSPS) is 11.1. The van der Waals surface area contributed by atoms with Gasteiger partial charge in [-0.15, -0.1) is 0 Å². The van der Waals surface area contributed by atoms with Gasteiger partial charge in [0.1, 0.15) is 11.5 Å². The Kier molecular flexibility index (Phi) is 2.40. The van der Waals surface area contributed by atoms with Crippen molar-refractivity contribution in [2.24, 2.45) is 0 Å². The Morgan fingerprint density at radius 1 is 1.41 bits per heavy atom. The molecule has 0 atom stereocenters. The number of rotatable bonds is 3. The molecule has 17 heavy (non-hydrogen) atoms. The first kappa shape index (κ1) is 10.1. The van der Waals surface area contributed by atoms with Gasteiger partial charge in [-0.05, 0) is 24.6 Å². The number of hydrogen-bond donors (Lipinski definition) is 1. The minimum Gasteiger partial charge on any atom is -0.463 e. The highest BCUT2D eigenvalue weighted by Crippen LogP contribution is 2.21. The maximum atomic E-state index is 5.32. The van der Waals surface area contributed by atoms with Gasteiger partial charge in [0.05, 0.1) is 23.5 Å². The lowest BCUT2D eigenvalue weighted by Gasteiger charge is -1.94. The molecule has 0 fully saturated rings. The highest BCUT2D eigenvalue weighted by atomic mass is 16.3. The van der Waals surface area contributed by atoms with Gasteiger partial charge in [-0.25, -0.2) is 4.98 Å². The number of aryl methyl sites for hydroxylation is 1. The lowest BCUT2D eigenvalue weighted by Crippen LogP contribution is -1.83. The standard InChI is InChI=1S/C13H13N3O/c1-2-4-13-15-9-7-10(12-5-3-6-17-12)14-8-11(9)16-13/h3,5-8H,2,4H2,1H3,(H,15,16). The van der Waals surface area contributed by atoms with Crippen LogP contribution < -0.4 is 0 Å². The first-order valence-corrected chi connectivity index (χ1v) is 5.75. The molecule has 0 spiro atoms. The Bertz CT molecular complexity index is 625. The van der Waals surface area contributed by atoms with E-state index in [4.69, 9.17) is 4.42 Å². The van der Waals surface area contributed by atoms with Crippen molar-refractivity contribution in [2.75, 3.05) is 0 Å². The van der Waals surface area contributed by atoms with Crippen molar-refractivity contribution >= 4 is 11.0 Å². The van der Waals surface area contributed by atoms with Crippen LogP contribution in [0.5, 0.6) is 0 Å². The van der Waals surface area contributed by atoms with Gasteiger partial charge >= 0.3 is 0 Å². The first-order valence-electron chi connectivity index (χ1n) is 5.75. The van der Waals surface area contributed by atoms with Crippen LogP contribution in [0.2, 0.25) is 0 Å². The van der Waals surface area contributed by atoms with Crippen LogP contribution in [0.1, 0.15) is 19.2 Å². The second kappa shape index (κ2) is 4.05. The summed E-state index contributed by atoms with van der Waals surface area (Å²) in [7, 11) is 0. The van der Waals surface area contributed by atoms with Crippen molar-refractivity contribution in [2.45, 2.75) is 19.8 Å². The van der Waals surface area contributed by atoms with Crippen LogP contribution in [0.4, 0.5) is 0 Å². The molecular formula is C13H13N3O. The predicted octanol–water partition coefficient (Wildman–Crippen LogP) is 3.17. The van der Waals surface area contributed by atoms with E-state index in [1.807, 2.05) is 18.2 Å². The van der Waals surface area contributed by atoms with E-state index in [9.17, 15) is 0 Å². The van der Waals surface area contributed by atoms with Crippen molar-refractivity contribution < 1.29 is 4.42 Å². The average molecular weight is 227 g/mol. The van der Waals surface area contributed by atoms with Crippen molar-refractivity contribution in [1.82, 2.24) is 15.0 Å². The summed E-state index contributed by atoms with van der Waals surface area (Å²) in [6.45, 7) is 2.14. The third kappa shape index (κ3) is 1.82. The van der Waals surface area contributed by atoms with Crippen molar-refractivity contribution in [3.8, 4) is 11.5 Å². The largest absolute Gasteiger partial charge is 0.463 e. The number of aromatic nitrogens is 3. The molecule has 0 aliphatic heterocycles. The Hall–Kier alpha value is -2.10. The third-order valence-corrected chi connectivity index (χ3v) is 2.68. The molecule has 0 saturated heterocycles. The van der Waals surface area contributed by atoms with Gasteiger partial charge in [-0.2, -0.15) is 0 Å². The minimum absolute atomic E-state index is 0.770. The molecule has 0 aliphatic rings. The minimum atomic E-state index is 0.770. The maximum Gasteiger partial charge on any atom is 0.152 e. The van der Waals surface area contributed by atoms with E-state index < -0.39 is 0 Å². The number of fused-ring (bicyclic) bond motifs is 1. The average Bonchev–Trinajstić information content (AvgIpc) is 2.96. The molecule has 86 valence electrons. The first-order chi connectivity index (χ1) is 8.36. The van der Waals surface area contributed by atoms with Crippen LogP contribution in [0.3, 0.4) is 0 Å². The Balaban J connectivity index is 2.06. The molecule has 0 aromatic carbocycles. The van der Waals surface area contributed by atoms with E-state index in [0.717, 1.165) is 41.2 Å². The Labute approximate surface area is 98.7 Å². The van der Waals surface area contributed by atoms with Gasteiger partial charge in [-0.3, -0.25) is 4.98 Å². The molecule has 3 rings (SSSR count). The molecule has 0 unspecified atom stereocenters. The molecule has 3 aromatic heterocycles. The summed E-state index contributed by atoms with van der Waals surface area (Å²) in [5, 5.41) is 0. The zero-order valence-corrected chi connectivity index (χ0v) is 9.60. The summed E-state index contributed by atoms with van der Waals surface area (Å²) < 4.78 is 5.32. The molecular weight excluding hydrogens is 214 g/mol. The van der Waals surface area contributed by atoms with Crippen LogP contribution >= 0.6 is 0 Å². The third-order valence-electron chi connectivity index (χ3n) is 2.68. The number of nitrogens with one attached hydrogen (secondary N) is 1. The fourth-order valence-corrected chi connectivity index (χ4v) is 1.88. The van der Waals surface area contributed by atoms with Crippen LogP contribution in [0, 0.1) is 0 Å². The number of pyridine rings is 1. The number of hydrogen-bond acceptors (Lipinski definition) is 3. The SMILES string of the molecule is CCCc1nc2cc(-c3ccco3)ncc2[nH]1. The Morgan fingerprint density at radius 3 is 3.12 bits per heavy atom. The van der Waals surface area contributed by atoms with Gasteiger partial charge in [-0.1, -0.05) is 6.92 Å². The van der Waals surface area contributed by atoms with Crippen LogP contribution in [0.15, 0.2) is 35.1 Å². The molecule has 0 aliphatic carbocycles. The molecule has 0 amide bonds. The highest BCUT2D eigenvalue weighted by molar-refractivity contribution is 5.78. The second-order valence-electron chi connectivity index (χ2n) is 4.00. The number of nitrogens with zero attached hydrogens (tertiary/aromatic N) is 2. The summed E-state index contributed by atoms with van der Waals surface area (Å²) in [5.74, 6) is 1.79. The van der Waals surface area contributed by atoms with Gasteiger partial charge in [0.25, 0.3) is 0 Å². The van der Waals surface area contributed by atoms with E-state index in [0.29, 0.717) is 0 Å². The molecule has 4 nitrogen and oxygen atoms in total. The van der Waals surface area contributed by atoms with Crippen LogP contribution in [-0.4, -0.2) is 15.0 Å². The quantitative estimate of drug-likeness (QED) is 0.747. The molecule has 1 N–H and O–H groups in total. The fourth-order valence-electron chi connectivity index (χ4n) is 1.88. The summed E-state index contributed by atoms with van der Waals surface area (Å²) >= 11 is 0. The van der Waals surface area contributed by atoms with E-state index in [-0.39, 0.29) is 0 Å². The van der Waals surface area contributed by atoms with Gasteiger partial charge < -0.3 is 9.40 Å². The lowest BCUT2D eigenvalue weighted by molar-refractivity contribution is 0.580. The molecule has 4 heteroatoms. The predicted molar refractivity (Wildman–Crippen MR) is 65.6 cm³/mol. The smallest absolute Gasteiger partial charge is 0.152 e. The van der Waals surface area contributed by atoms with E-state index in [1.165, 1.54) is 0 Å². The van der Waals surface area contributed by atoms with Gasteiger partial charge in [0, 0.05) is 6.42 Å². The molecule has 0 saturated carbocycles. The van der Waals surface area contributed by atoms with Crippen LogP contribution in [-0.2, 0) is 6.42 Å². The fraction of sp³-hybridized carbons (Fsp3) is 0.231. The summed E-state index contributed by atoms with van der Waals surface area (Å²) in [4.78, 5) is 12.2. The number of aromatic amines is 1. The summed E-state index contributed by atoms with van der Waals surface area (Å²) in [5.41, 5.74) is 2.73. The molecule has 0 bridgehead atoms. The van der Waals surface area contributed by atoms with E-state index >= 15 is 0 Å². The van der Waals surface area contributed by atoms with Crippen molar-refractivity contribution in [3.63, 3.8) is 0 Å².